The molecule has 0 aliphatic rings. The Morgan fingerprint density at radius 3 is 2.44 bits per heavy atom. The van der Waals surface area contributed by atoms with Crippen molar-refractivity contribution in [3.8, 4) is 5.75 Å². The summed E-state index contributed by atoms with van der Waals surface area (Å²) < 4.78 is 9.82. The second-order valence-corrected chi connectivity index (χ2v) is 7.81. The molecule has 0 unspecified atom stereocenters. The molecule has 4 rings (SSSR count). The van der Waals surface area contributed by atoms with Crippen molar-refractivity contribution in [2.45, 2.75) is 9.79 Å². The fourth-order valence-electron chi connectivity index (χ4n) is 3.03. The summed E-state index contributed by atoms with van der Waals surface area (Å²) in [5.74, 6) is 0.615. The van der Waals surface area contributed by atoms with Crippen LogP contribution in [0.1, 0.15) is 10.4 Å². The molecule has 0 bridgehead atoms. The number of hydrogen-bond acceptors (Lipinski definition) is 6. The van der Waals surface area contributed by atoms with E-state index in [0.717, 1.165) is 20.8 Å². The lowest BCUT2D eigenvalue weighted by Crippen LogP contribution is -2.12. The van der Waals surface area contributed by atoms with Crippen LogP contribution in [-0.4, -0.2) is 36.2 Å². The van der Waals surface area contributed by atoms with Crippen molar-refractivity contribution in [2.75, 3.05) is 24.9 Å². The van der Waals surface area contributed by atoms with Crippen LogP contribution in [0.15, 0.2) is 76.5 Å². The van der Waals surface area contributed by atoms with Gasteiger partial charge in [0.1, 0.15) is 5.75 Å². The molecule has 1 heterocycles. The summed E-state index contributed by atoms with van der Waals surface area (Å²) in [7, 11) is 2.83. The Balaban J connectivity index is 1.43. The van der Waals surface area contributed by atoms with Crippen LogP contribution in [0.3, 0.4) is 0 Å². The predicted octanol–water partition coefficient (Wildman–Crippen LogP) is 5.15. The first-order chi connectivity index (χ1) is 15.6. The molecule has 0 spiro atoms. The van der Waals surface area contributed by atoms with Gasteiger partial charge in [0.05, 0.1) is 30.8 Å². The number of para-hydroxylation sites is 1. The summed E-state index contributed by atoms with van der Waals surface area (Å²) in [4.78, 5) is 33.2. The van der Waals surface area contributed by atoms with Gasteiger partial charge in [0.25, 0.3) is 5.91 Å². The maximum atomic E-state index is 12.5. The Labute approximate surface area is 188 Å². The largest absolute Gasteiger partial charge is 0.496 e. The number of methoxy groups -OCH3 is 2. The lowest BCUT2D eigenvalue weighted by molar-refractivity contribution is 0.102. The summed E-state index contributed by atoms with van der Waals surface area (Å²) >= 11 is 1.57. The van der Waals surface area contributed by atoms with Crippen LogP contribution in [0.2, 0.25) is 0 Å². The monoisotopic (exact) mass is 448 g/mol. The topological polar surface area (TPSA) is 105 Å². The van der Waals surface area contributed by atoms with Crippen molar-refractivity contribution in [1.29, 1.82) is 0 Å². The molecule has 4 aromatic rings. The fourth-order valence-corrected chi connectivity index (χ4v) is 3.89. The molecule has 0 aliphatic carbocycles. The molecule has 3 N–H and O–H groups in total. The van der Waals surface area contributed by atoms with Crippen molar-refractivity contribution < 1.29 is 19.1 Å². The maximum Gasteiger partial charge on any atom is 0.413 e. The molecule has 0 radical (unpaired) electrons. The number of hydrogen-bond donors (Lipinski definition) is 3. The number of aromatic amines is 1. The number of H-pyrrole nitrogens is 1. The van der Waals surface area contributed by atoms with Gasteiger partial charge in [-0.1, -0.05) is 23.9 Å². The van der Waals surface area contributed by atoms with Gasteiger partial charge in [-0.05, 0) is 54.6 Å². The van der Waals surface area contributed by atoms with Crippen LogP contribution in [0.5, 0.6) is 5.75 Å². The second-order valence-electron chi connectivity index (χ2n) is 6.66. The number of carbonyl (C=O) groups is 2. The van der Waals surface area contributed by atoms with Crippen LogP contribution in [0.25, 0.3) is 11.0 Å². The van der Waals surface area contributed by atoms with Gasteiger partial charge in [-0.25, -0.2) is 9.78 Å². The van der Waals surface area contributed by atoms with E-state index in [2.05, 4.69) is 25.3 Å². The highest BCUT2D eigenvalue weighted by atomic mass is 32.2. The van der Waals surface area contributed by atoms with E-state index in [-0.39, 0.29) is 5.91 Å². The number of ether oxygens (including phenoxy) is 2. The van der Waals surface area contributed by atoms with E-state index >= 15 is 0 Å². The number of nitrogens with zero attached hydrogens (tertiary/aromatic N) is 1. The van der Waals surface area contributed by atoms with E-state index in [9.17, 15) is 9.59 Å². The van der Waals surface area contributed by atoms with E-state index in [0.29, 0.717) is 22.9 Å². The third kappa shape index (κ3) is 4.84. The summed E-state index contributed by atoms with van der Waals surface area (Å²) in [5.41, 5.74) is 2.69. The summed E-state index contributed by atoms with van der Waals surface area (Å²) in [5, 5.41) is 5.40. The number of amides is 2. The molecule has 8 nitrogen and oxygen atoms in total. The van der Waals surface area contributed by atoms with Crippen LogP contribution in [0, 0.1) is 0 Å². The number of imidazole rings is 1. The molecular weight excluding hydrogens is 428 g/mol. The lowest BCUT2D eigenvalue weighted by atomic mass is 10.2. The number of carbonyl (C=O) groups excluding carboxylic acids is 2. The highest BCUT2D eigenvalue weighted by molar-refractivity contribution is 7.99. The zero-order chi connectivity index (χ0) is 22.5. The van der Waals surface area contributed by atoms with E-state index in [1.54, 1.807) is 30.0 Å². The molecule has 3 aromatic carbocycles. The Hall–Kier alpha value is -3.98. The number of benzene rings is 3. The molecular formula is C23H20N4O4S. The van der Waals surface area contributed by atoms with Crippen LogP contribution < -0.4 is 15.4 Å². The maximum absolute atomic E-state index is 12.5. The number of fused-ring (bicyclic) bond motifs is 1. The Kier molecular flexibility index (Phi) is 6.27. The minimum absolute atomic E-state index is 0.232. The zero-order valence-corrected chi connectivity index (χ0v) is 18.2. The quantitative estimate of drug-likeness (QED) is 0.377. The summed E-state index contributed by atoms with van der Waals surface area (Å²) in [6, 6.07) is 20.4. The van der Waals surface area contributed by atoms with E-state index in [1.165, 1.54) is 14.2 Å². The average Bonchev–Trinajstić information content (AvgIpc) is 3.21. The average molecular weight is 449 g/mol. The van der Waals surface area contributed by atoms with Gasteiger partial charge < -0.3 is 19.8 Å². The first kappa shape index (κ1) is 21.3. The zero-order valence-electron chi connectivity index (χ0n) is 17.3. The second kappa shape index (κ2) is 9.44. The third-order valence-electron chi connectivity index (χ3n) is 4.56. The number of anilines is 2. The minimum atomic E-state index is -0.587. The molecule has 32 heavy (non-hydrogen) atoms. The predicted molar refractivity (Wildman–Crippen MR) is 124 cm³/mol. The molecule has 0 aliphatic heterocycles. The molecule has 1 aromatic heterocycles. The van der Waals surface area contributed by atoms with E-state index in [4.69, 9.17) is 4.74 Å². The van der Waals surface area contributed by atoms with E-state index in [1.807, 2.05) is 48.5 Å². The molecule has 2 amide bonds. The van der Waals surface area contributed by atoms with Crippen molar-refractivity contribution in [3.63, 3.8) is 0 Å². The highest BCUT2D eigenvalue weighted by Gasteiger charge is 2.12. The van der Waals surface area contributed by atoms with Crippen molar-refractivity contribution in [2.24, 2.45) is 0 Å². The summed E-state index contributed by atoms with van der Waals surface area (Å²) in [6.07, 6.45) is -0.587. The molecule has 162 valence electrons. The van der Waals surface area contributed by atoms with Gasteiger partial charge in [-0.3, -0.25) is 10.1 Å². The number of aromatic nitrogens is 2. The van der Waals surface area contributed by atoms with Crippen molar-refractivity contribution >= 4 is 46.4 Å². The van der Waals surface area contributed by atoms with E-state index < -0.39 is 6.09 Å². The first-order valence-corrected chi connectivity index (χ1v) is 10.4. The number of nitrogens with one attached hydrogen (secondary N) is 3. The Bertz CT molecular complexity index is 1270. The van der Waals surface area contributed by atoms with Crippen molar-refractivity contribution in [1.82, 2.24) is 9.97 Å². The normalized spacial score (nSPS) is 10.6. The Morgan fingerprint density at radius 2 is 1.69 bits per heavy atom. The number of rotatable bonds is 6. The molecule has 0 saturated carbocycles. The van der Waals surface area contributed by atoms with Gasteiger partial charge in [0.2, 0.25) is 5.95 Å². The van der Waals surface area contributed by atoms with Gasteiger partial charge in [-0.15, -0.1) is 0 Å². The molecule has 9 heteroatoms. The standard InChI is InChI=1S/C23H20N4O4S/c1-30-20-6-4-3-5-17(20)21(28)24-14-7-9-15(10-8-14)32-16-11-12-18-19(13-16)26-22(25-18)27-23(29)31-2/h3-13H,1-2H3,(H,24,28)(H2,25,26,27,29). The fraction of sp³-hybridized carbons (Fsp3) is 0.0870. The van der Waals surface area contributed by atoms with Crippen LogP contribution in [-0.2, 0) is 4.74 Å². The summed E-state index contributed by atoms with van der Waals surface area (Å²) in [6.45, 7) is 0. The van der Waals surface area contributed by atoms with Crippen LogP contribution >= 0.6 is 11.8 Å². The third-order valence-corrected chi connectivity index (χ3v) is 5.56. The molecule has 0 fully saturated rings. The lowest BCUT2D eigenvalue weighted by Gasteiger charge is -2.09. The SMILES string of the molecule is COC(=O)Nc1nc2ccc(Sc3ccc(NC(=O)c4ccccc4OC)cc3)cc2[nH]1. The molecule has 0 saturated heterocycles. The van der Waals surface area contributed by atoms with Gasteiger partial charge in [0, 0.05) is 15.5 Å². The Morgan fingerprint density at radius 1 is 0.938 bits per heavy atom. The highest BCUT2D eigenvalue weighted by Crippen LogP contribution is 2.31. The molecule has 0 atom stereocenters. The van der Waals surface area contributed by atoms with Gasteiger partial charge in [0.15, 0.2) is 0 Å². The van der Waals surface area contributed by atoms with Gasteiger partial charge >= 0.3 is 6.09 Å². The van der Waals surface area contributed by atoms with Crippen LogP contribution in [0.4, 0.5) is 16.4 Å². The first-order valence-electron chi connectivity index (χ1n) is 9.63. The van der Waals surface area contributed by atoms with Crippen molar-refractivity contribution in [3.05, 3.63) is 72.3 Å². The smallest absolute Gasteiger partial charge is 0.413 e. The van der Waals surface area contributed by atoms with Gasteiger partial charge in [-0.2, -0.15) is 0 Å². The minimum Gasteiger partial charge on any atom is -0.496 e.